The summed E-state index contributed by atoms with van der Waals surface area (Å²) in [5, 5.41) is 10.6. The minimum Gasteiger partial charge on any atom is -0.378 e. The molecule has 1 aliphatic carbocycles. The van der Waals surface area contributed by atoms with Gasteiger partial charge in [0.1, 0.15) is 0 Å². The van der Waals surface area contributed by atoms with Crippen molar-refractivity contribution in [1.29, 1.82) is 0 Å². The van der Waals surface area contributed by atoms with Crippen molar-refractivity contribution in [3.05, 3.63) is 34.0 Å². The fourth-order valence-electron chi connectivity index (χ4n) is 2.02. The first-order valence-corrected chi connectivity index (χ1v) is 4.91. The standard InChI is InChI=1S/C10H13NO3/c12-11(13)9-4-1-3-8(7-9)10-5-2-6-14-10/h1,3-4,8,10H,2,5-7H2/t8?,10-/m1/s1. The summed E-state index contributed by atoms with van der Waals surface area (Å²) in [6, 6.07) is 0. The summed E-state index contributed by atoms with van der Waals surface area (Å²) in [6.45, 7) is 0.798. The Balaban J connectivity index is 2.01. The quantitative estimate of drug-likeness (QED) is 0.499. The second-order valence-electron chi connectivity index (χ2n) is 3.72. The second-order valence-corrected chi connectivity index (χ2v) is 3.72. The van der Waals surface area contributed by atoms with E-state index in [1.165, 1.54) is 0 Å². The number of nitrogens with zero attached hydrogens (tertiary/aromatic N) is 1. The van der Waals surface area contributed by atoms with Crippen LogP contribution in [0.25, 0.3) is 0 Å². The molecule has 76 valence electrons. The van der Waals surface area contributed by atoms with Gasteiger partial charge in [-0.3, -0.25) is 10.1 Å². The highest BCUT2D eigenvalue weighted by Gasteiger charge is 2.29. The largest absolute Gasteiger partial charge is 0.378 e. The summed E-state index contributed by atoms with van der Waals surface area (Å²) in [5.41, 5.74) is 0.299. The van der Waals surface area contributed by atoms with Crippen LogP contribution in [0.2, 0.25) is 0 Å². The topological polar surface area (TPSA) is 52.4 Å². The molecule has 0 aromatic carbocycles. The van der Waals surface area contributed by atoms with Crippen molar-refractivity contribution in [1.82, 2.24) is 0 Å². The van der Waals surface area contributed by atoms with E-state index in [2.05, 4.69) is 0 Å². The van der Waals surface area contributed by atoms with Gasteiger partial charge < -0.3 is 4.74 Å². The third-order valence-electron chi connectivity index (χ3n) is 2.77. The Hall–Kier alpha value is -1.16. The lowest BCUT2D eigenvalue weighted by Crippen LogP contribution is -2.21. The van der Waals surface area contributed by atoms with Gasteiger partial charge in [-0.25, -0.2) is 0 Å². The van der Waals surface area contributed by atoms with Crippen LogP contribution in [0.1, 0.15) is 19.3 Å². The number of nitro groups is 1. The lowest BCUT2D eigenvalue weighted by atomic mass is 9.91. The lowest BCUT2D eigenvalue weighted by Gasteiger charge is -2.19. The van der Waals surface area contributed by atoms with Crippen LogP contribution in [0.5, 0.6) is 0 Å². The van der Waals surface area contributed by atoms with Crippen LogP contribution in [0.4, 0.5) is 0 Å². The molecule has 1 saturated heterocycles. The van der Waals surface area contributed by atoms with Gasteiger partial charge in [0.15, 0.2) is 0 Å². The molecule has 0 bridgehead atoms. The van der Waals surface area contributed by atoms with E-state index in [0.717, 1.165) is 19.4 Å². The van der Waals surface area contributed by atoms with Crippen LogP contribution in [0, 0.1) is 16.0 Å². The summed E-state index contributed by atoms with van der Waals surface area (Å²) >= 11 is 0. The summed E-state index contributed by atoms with van der Waals surface area (Å²) in [7, 11) is 0. The Labute approximate surface area is 82.4 Å². The molecule has 2 rings (SSSR count). The van der Waals surface area contributed by atoms with Gasteiger partial charge in [-0.05, 0) is 12.8 Å². The van der Waals surface area contributed by atoms with Gasteiger partial charge in [-0.1, -0.05) is 12.2 Å². The molecular weight excluding hydrogens is 182 g/mol. The second kappa shape index (κ2) is 3.92. The fourth-order valence-corrected chi connectivity index (χ4v) is 2.02. The maximum Gasteiger partial charge on any atom is 0.246 e. The first-order chi connectivity index (χ1) is 6.77. The summed E-state index contributed by atoms with van der Waals surface area (Å²) < 4.78 is 5.52. The third-order valence-corrected chi connectivity index (χ3v) is 2.77. The average Bonchev–Trinajstić information content (AvgIpc) is 2.71. The van der Waals surface area contributed by atoms with E-state index in [0.29, 0.717) is 12.1 Å². The monoisotopic (exact) mass is 195 g/mol. The van der Waals surface area contributed by atoms with E-state index in [4.69, 9.17) is 4.74 Å². The Morgan fingerprint density at radius 2 is 2.43 bits per heavy atom. The summed E-state index contributed by atoms with van der Waals surface area (Å²) in [5.74, 6) is 0.197. The molecular formula is C10H13NO3. The van der Waals surface area contributed by atoms with Crippen LogP contribution in [0.3, 0.4) is 0 Å². The van der Waals surface area contributed by atoms with E-state index in [1.54, 1.807) is 12.2 Å². The molecule has 4 heteroatoms. The van der Waals surface area contributed by atoms with Crippen LogP contribution in [-0.4, -0.2) is 17.6 Å². The number of ether oxygens (including phenoxy) is 1. The molecule has 2 aliphatic rings. The van der Waals surface area contributed by atoms with E-state index >= 15 is 0 Å². The molecule has 0 aromatic heterocycles. The van der Waals surface area contributed by atoms with Crippen molar-refractivity contribution in [2.75, 3.05) is 6.61 Å². The Kier molecular flexibility index (Phi) is 2.63. The Morgan fingerprint density at radius 1 is 1.57 bits per heavy atom. The highest BCUT2D eigenvalue weighted by atomic mass is 16.6. The fraction of sp³-hybridized carbons (Fsp3) is 0.600. The van der Waals surface area contributed by atoms with Crippen LogP contribution in [-0.2, 0) is 4.74 Å². The van der Waals surface area contributed by atoms with E-state index in [9.17, 15) is 10.1 Å². The molecule has 0 amide bonds. The van der Waals surface area contributed by atoms with Gasteiger partial charge in [0.05, 0.1) is 11.0 Å². The SMILES string of the molecule is O=[N+]([O-])C1=CC=CC([C@H]2CCCO2)C1. The van der Waals surface area contributed by atoms with Gasteiger partial charge in [0.2, 0.25) is 5.70 Å². The van der Waals surface area contributed by atoms with Crippen molar-refractivity contribution < 1.29 is 9.66 Å². The molecule has 0 aromatic rings. The first-order valence-electron chi connectivity index (χ1n) is 4.91. The van der Waals surface area contributed by atoms with E-state index in [1.807, 2.05) is 6.08 Å². The molecule has 1 fully saturated rings. The number of allylic oxidation sites excluding steroid dienone is 3. The Morgan fingerprint density at radius 3 is 3.07 bits per heavy atom. The minimum absolute atomic E-state index is 0.190. The molecule has 1 heterocycles. The first kappa shape index (κ1) is 9.40. The van der Waals surface area contributed by atoms with Gasteiger partial charge >= 0.3 is 0 Å². The zero-order valence-corrected chi connectivity index (χ0v) is 7.89. The normalized spacial score (nSPS) is 31.6. The molecule has 4 nitrogen and oxygen atoms in total. The highest BCUT2D eigenvalue weighted by Crippen LogP contribution is 2.29. The smallest absolute Gasteiger partial charge is 0.246 e. The highest BCUT2D eigenvalue weighted by molar-refractivity contribution is 5.16. The van der Waals surface area contributed by atoms with Crippen molar-refractivity contribution >= 4 is 0 Å². The van der Waals surface area contributed by atoms with Crippen molar-refractivity contribution in [2.24, 2.45) is 5.92 Å². The molecule has 0 saturated carbocycles. The zero-order valence-electron chi connectivity index (χ0n) is 7.89. The number of rotatable bonds is 2. The van der Waals surface area contributed by atoms with E-state index < -0.39 is 0 Å². The van der Waals surface area contributed by atoms with Gasteiger partial charge in [-0.15, -0.1) is 0 Å². The summed E-state index contributed by atoms with van der Waals surface area (Å²) in [4.78, 5) is 10.3. The number of hydrogen-bond donors (Lipinski definition) is 0. The third kappa shape index (κ3) is 1.85. The van der Waals surface area contributed by atoms with Gasteiger partial charge in [-0.2, -0.15) is 0 Å². The average molecular weight is 195 g/mol. The molecule has 0 spiro atoms. The van der Waals surface area contributed by atoms with Crippen LogP contribution in [0.15, 0.2) is 23.9 Å². The van der Waals surface area contributed by atoms with E-state index in [-0.39, 0.29) is 16.9 Å². The van der Waals surface area contributed by atoms with Crippen LogP contribution >= 0.6 is 0 Å². The molecule has 14 heavy (non-hydrogen) atoms. The summed E-state index contributed by atoms with van der Waals surface area (Å²) in [6.07, 6.45) is 8.17. The maximum absolute atomic E-state index is 10.6. The number of hydrogen-bond acceptors (Lipinski definition) is 3. The predicted octanol–water partition coefficient (Wildman–Crippen LogP) is 1.90. The molecule has 2 atom stereocenters. The van der Waals surface area contributed by atoms with Gasteiger partial charge in [0, 0.05) is 25.0 Å². The molecule has 0 radical (unpaired) electrons. The molecule has 0 N–H and O–H groups in total. The molecule has 1 aliphatic heterocycles. The Bertz CT molecular complexity index is 290. The van der Waals surface area contributed by atoms with Crippen LogP contribution < -0.4 is 0 Å². The zero-order chi connectivity index (χ0) is 9.97. The minimum atomic E-state index is -0.300. The van der Waals surface area contributed by atoms with Crippen molar-refractivity contribution in [3.8, 4) is 0 Å². The maximum atomic E-state index is 10.6. The van der Waals surface area contributed by atoms with Crippen molar-refractivity contribution in [2.45, 2.75) is 25.4 Å². The van der Waals surface area contributed by atoms with Crippen molar-refractivity contribution in [3.63, 3.8) is 0 Å². The molecule has 1 unspecified atom stereocenters. The lowest BCUT2D eigenvalue weighted by molar-refractivity contribution is -0.429. The van der Waals surface area contributed by atoms with Gasteiger partial charge in [0.25, 0.3) is 0 Å². The predicted molar refractivity (Wildman–Crippen MR) is 51.3 cm³/mol.